The van der Waals surface area contributed by atoms with Crippen molar-refractivity contribution in [2.75, 3.05) is 6.54 Å². The van der Waals surface area contributed by atoms with Gasteiger partial charge in [0, 0.05) is 10.6 Å². The van der Waals surface area contributed by atoms with Crippen LogP contribution in [0.3, 0.4) is 0 Å². The Morgan fingerprint density at radius 2 is 1.89 bits per heavy atom. The Hall–Kier alpha value is -1.32. The van der Waals surface area contributed by atoms with E-state index in [1.807, 2.05) is 6.92 Å². The molecule has 0 saturated carbocycles. The van der Waals surface area contributed by atoms with Gasteiger partial charge in [-0.1, -0.05) is 17.8 Å². The molecular formula is C16H20N2S. The van der Waals surface area contributed by atoms with Gasteiger partial charge in [-0.3, -0.25) is 0 Å². The van der Waals surface area contributed by atoms with Crippen molar-refractivity contribution in [2.45, 2.75) is 37.1 Å². The van der Waals surface area contributed by atoms with Gasteiger partial charge in [-0.05, 0) is 74.7 Å². The van der Waals surface area contributed by atoms with Crippen molar-refractivity contribution in [1.82, 2.24) is 4.98 Å². The second-order valence-electron chi connectivity index (χ2n) is 4.85. The summed E-state index contributed by atoms with van der Waals surface area (Å²) in [4.78, 5) is 5.79. The number of pyridine rings is 1. The van der Waals surface area contributed by atoms with Gasteiger partial charge in [-0.2, -0.15) is 0 Å². The first-order valence-corrected chi connectivity index (χ1v) is 7.33. The monoisotopic (exact) mass is 272 g/mol. The van der Waals surface area contributed by atoms with Crippen LogP contribution in [-0.2, 0) is 6.42 Å². The van der Waals surface area contributed by atoms with Crippen molar-refractivity contribution >= 4 is 11.8 Å². The summed E-state index contributed by atoms with van der Waals surface area (Å²) >= 11 is 1.71. The Labute approximate surface area is 119 Å². The van der Waals surface area contributed by atoms with Crippen LogP contribution in [0.15, 0.2) is 40.3 Å². The number of aryl methyl sites for hydroxylation is 3. The molecule has 100 valence electrons. The first-order valence-electron chi connectivity index (χ1n) is 6.51. The van der Waals surface area contributed by atoms with Crippen LogP contribution in [0.5, 0.6) is 0 Å². The highest BCUT2D eigenvalue weighted by atomic mass is 32.2. The van der Waals surface area contributed by atoms with Gasteiger partial charge in [-0.25, -0.2) is 4.98 Å². The van der Waals surface area contributed by atoms with E-state index in [-0.39, 0.29) is 0 Å². The van der Waals surface area contributed by atoms with Gasteiger partial charge in [0.25, 0.3) is 0 Å². The van der Waals surface area contributed by atoms with E-state index in [4.69, 9.17) is 5.73 Å². The molecule has 0 aliphatic carbocycles. The zero-order chi connectivity index (χ0) is 13.8. The van der Waals surface area contributed by atoms with Crippen LogP contribution in [0.1, 0.15) is 22.4 Å². The maximum Gasteiger partial charge on any atom is 0.101 e. The number of hydrogen-bond acceptors (Lipinski definition) is 3. The normalized spacial score (nSPS) is 10.7. The van der Waals surface area contributed by atoms with E-state index < -0.39 is 0 Å². The molecule has 19 heavy (non-hydrogen) atoms. The SMILES string of the molecule is Cc1cc(C)nc(Sc2ccc(CCN)c(C)c2)c1. The minimum Gasteiger partial charge on any atom is -0.330 e. The fourth-order valence-corrected chi connectivity index (χ4v) is 3.19. The summed E-state index contributed by atoms with van der Waals surface area (Å²) in [6.07, 6.45) is 0.943. The number of benzene rings is 1. The molecule has 0 aliphatic heterocycles. The average molecular weight is 272 g/mol. The lowest BCUT2D eigenvalue weighted by Crippen LogP contribution is -2.03. The lowest BCUT2D eigenvalue weighted by Gasteiger charge is -2.08. The number of rotatable bonds is 4. The summed E-state index contributed by atoms with van der Waals surface area (Å²) in [6.45, 7) is 6.98. The second-order valence-corrected chi connectivity index (χ2v) is 5.95. The molecule has 0 aliphatic rings. The molecule has 2 N–H and O–H groups in total. The lowest BCUT2D eigenvalue weighted by molar-refractivity contribution is 0.954. The molecule has 0 spiro atoms. The third-order valence-corrected chi connectivity index (χ3v) is 3.93. The third-order valence-electron chi connectivity index (χ3n) is 3.02. The summed E-state index contributed by atoms with van der Waals surface area (Å²) in [7, 11) is 0. The van der Waals surface area contributed by atoms with Crippen molar-refractivity contribution < 1.29 is 0 Å². The molecule has 0 radical (unpaired) electrons. The molecule has 0 amide bonds. The van der Waals surface area contributed by atoms with Crippen LogP contribution in [-0.4, -0.2) is 11.5 Å². The van der Waals surface area contributed by atoms with Crippen molar-refractivity contribution in [2.24, 2.45) is 5.73 Å². The number of nitrogens with zero attached hydrogens (tertiary/aromatic N) is 1. The van der Waals surface area contributed by atoms with Gasteiger partial charge >= 0.3 is 0 Å². The fourth-order valence-electron chi connectivity index (χ4n) is 2.15. The topological polar surface area (TPSA) is 38.9 Å². The number of nitrogens with two attached hydrogens (primary N) is 1. The van der Waals surface area contributed by atoms with Gasteiger partial charge in [0.1, 0.15) is 5.03 Å². The molecule has 1 aromatic heterocycles. The van der Waals surface area contributed by atoms with E-state index in [1.165, 1.54) is 21.6 Å². The molecule has 2 aromatic rings. The van der Waals surface area contributed by atoms with Crippen LogP contribution < -0.4 is 5.73 Å². The first-order chi connectivity index (χ1) is 9.08. The summed E-state index contributed by atoms with van der Waals surface area (Å²) in [6, 6.07) is 10.8. The Kier molecular flexibility index (Phi) is 4.61. The first kappa shape index (κ1) is 14.1. The average Bonchev–Trinajstić information content (AvgIpc) is 2.31. The highest BCUT2D eigenvalue weighted by Crippen LogP contribution is 2.28. The zero-order valence-corrected chi connectivity index (χ0v) is 12.6. The molecule has 2 rings (SSSR count). The van der Waals surface area contributed by atoms with Crippen LogP contribution in [0, 0.1) is 20.8 Å². The third kappa shape index (κ3) is 3.82. The van der Waals surface area contributed by atoms with Gasteiger partial charge in [0.2, 0.25) is 0 Å². The smallest absolute Gasteiger partial charge is 0.101 e. The van der Waals surface area contributed by atoms with E-state index >= 15 is 0 Å². The predicted molar refractivity (Wildman–Crippen MR) is 81.8 cm³/mol. The Morgan fingerprint density at radius 1 is 1.11 bits per heavy atom. The quantitative estimate of drug-likeness (QED) is 0.923. The zero-order valence-electron chi connectivity index (χ0n) is 11.7. The van der Waals surface area contributed by atoms with Crippen LogP contribution >= 0.6 is 11.8 Å². The summed E-state index contributed by atoms with van der Waals surface area (Å²) in [5.74, 6) is 0. The van der Waals surface area contributed by atoms with E-state index in [0.29, 0.717) is 6.54 Å². The number of aromatic nitrogens is 1. The molecule has 0 unspecified atom stereocenters. The largest absolute Gasteiger partial charge is 0.330 e. The second kappa shape index (κ2) is 6.22. The van der Waals surface area contributed by atoms with E-state index in [1.54, 1.807) is 11.8 Å². The number of hydrogen-bond donors (Lipinski definition) is 1. The van der Waals surface area contributed by atoms with Crippen LogP contribution in [0.25, 0.3) is 0 Å². The molecule has 3 heteroatoms. The minimum atomic E-state index is 0.700. The minimum absolute atomic E-state index is 0.700. The van der Waals surface area contributed by atoms with Gasteiger partial charge < -0.3 is 5.73 Å². The summed E-state index contributed by atoms with van der Waals surface area (Å²) in [5.41, 5.74) is 10.6. The molecule has 1 aromatic carbocycles. The Balaban J connectivity index is 2.21. The van der Waals surface area contributed by atoms with E-state index in [9.17, 15) is 0 Å². The maximum absolute atomic E-state index is 5.61. The highest BCUT2D eigenvalue weighted by Gasteiger charge is 2.04. The fraction of sp³-hybridized carbons (Fsp3) is 0.312. The molecule has 2 nitrogen and oxygen atoms in total. The summed E-state index contributed by atoms with van der Waals surface area (Å²) in [5, 5.41) is 1.06. The molecule has 0 bridgehead atoms. The summed E-state index contributed by atoms with van der Waals surface area (Å²) < 4.78 is 0. The van der Waals surface area contributed by atoms with Gasteiger partial charge in [-0.15, -0.1) is 0 Å². The Morgan fingerprint density at radius 3 is 2.53 bits per heavy atom. The van der Waals surface area contributed by atoms with Crippen molar-refractivity contribution in [3.63, 3.8) is 0 Å². The van der Waals surface area contributed by atoms with E-state index in [0.717, 1.165) is 17.1 Å². The standard InChI is InChI=1S/C16H20N2S/c1-11-8-13(3)18-16(9-11)19-15-5-4-14(6-7-17)12(2)10-15/h4-5,8-10H,6-7,17H2,1-3H3. The lowest BCUT2D eigenvalue weighted by atomic mass is 10.1. The molecule has 0 atom stereocenters. The molecule has 0 fully saturated rings. The Bertz CT molecular complexity index is 559. The van der Waals surface area contributed by atoms with Gasteiger partial charge in [0.05, 0.1) is 0 Å². The molecular weight excluding hydrogens is 252 g/mol. The van der Waals surface area contributed by atoms with Crippen molar-refractivity contribution in [3.05, 3.63) is 52.7 Å². The maximum atomic E-state index is 5.61. The van der Waals surface area contributed by atoms with Crippen LogP contribution in [0.2, 0.25) is 0 Å². The van der Waals surface area contributed by atoms with Crippen molar-refractivity contribution in [1.29, 1.82) is 0 Å². The highest BCUT2D eigenvalue weighted by molar-refractivity contribution is 7.99. The van der Waals surface area contributed by atoms with Crippen molar-refractivity contribution in [3.8, 4) is 0 Å². The van der Waals surface area contributed by atoms with Crippen LogP contribution in [0.4, 0.5) is 0 Å². The van der Waals surface area contributed by atoms with Gasteiger partial charge in [0.15, 0.2) is 0 Å². The van der Waals surface area contributed by atoms with E-state index in [2.05, 4.69) is 49.2 Å². The molecule has 0 saturated heterocycles. The molecule has 1 heterocycles. The predicted octanol–water partition coefficient (Wildman–Crippen LogP) is 3.66.